The Morgan fingerprint density at radius 3 is 2.21 bits per heavy atom. The van der Waals surface area contributed by atoms with Crippen molar-refractivity contribution in [2.75, 3.05) is 63.8 Å². The zero-order valence-corrected chi connectivity index (χ0v) is 18.3. The lowest BCUT2D eigenvalue weighted by molar-refractivity contribution is -0.134. The maximum absolute atomic E-state index is 12.8. The lowest BCUT2D eigenvalue weighted by Gasteiger charge is -2.38. The number of anilines is 1. The van der Waals surface area contributed by atoms with E-state index in [1.54, 1.807) is 0 Å². The molecule has 0 atom stereocenters. The first-order chi connectivity index (χ1) is 14.2. The van der Waals surface area contributed by atoms with Crippen LogP contribution in [0.3, 0.4) is 0 Å². The number of aromatic nitrogens is 1. The van der Waals surface area contributed by atoms with Gasteiger partial charge in [-0.05, 0) is 33.6 Å². The van der Waals surface area contributed by atoms with Crippen LogP contribution < -0.4 is 4.90 Å². The number of carbonyl (C=O) groups excluding carboxylic acids is 1. The van der Waals surface area contributed by atoms with E-state index in [1.165, 1.54) is 5.56 Å². The minimum atomic E-state index is 0.263. The second kappa shape index (κ2) is 9.69. The molecule has 0 aliphatic carbocycles. The molecule has 1 amide bonds. The van der Waals surface area contributed by atoms with Gasteiger partial charge in [-0.2, -0.15) is 0 Å². The second-order valence-electron chi connectivity index (χ2n) is 7.74. The number of carbonyl (C=O) groups is 1. The van der Waals surface area contributed by atoms with Crippen molar-refractivity contribution >= 4 is 27.7 Å². The van der Waals surface area contributed by atoms with E-state index in [0.29, 0.717) is 6.54 Å². The maximum Gasteiger partial charge on any atom is 0.236 e. The van der Waals surface area contributed by atoms with E-state index in [9.17, 15) is 4.79 Å². The average Bonchev–Trinajstić information content (AvgIpc) is 2.76. The molecule has 4 rings (SSSR count). The third-order valence-electron chi connectivity index (χ3n) is 5.74. The molecule has 0 unspecified atom stereocenters. The maximum atomic E-state index is 12.8. The smallest absolute Gasteiger partial charge is 0.236 e. The Morgan fingerprint density at radius 1 is 0.862 bits per heavy atom. The number of pyridine rings is 1. The van der Waals surface area contributed by atoms with Gasteiger partial charge in [0.25, 0.3) is 0 Å². The summed E-state index contributed by atoms with van der Waals surface area (Å²) in [4.78, 5) is 26.3. The Kier molecular flexibility index (Phi) is 6.79. The highest BCUT2D eigenvalue weighted by Crippen LogP contribution is 2.17. The SMILES string of the molecule is O=C(CN1CCN(c2ccc(Br)cn2)CC1)N1CCN(Cc2ccccc2)CC1. The van der Waals surface area contributed by atoms with Crippen LogP contribution in [-0.2, 0) is 11.3 Å². The molecule has 2 aromatic rings. The van der Waals surface area contributed by atoms with Crippen LogP contribution in [0, 0.1) is 0 Å². The number of benzene rings is 1. The summed E-state index contributed by atoms with van der Waals surface area (Å²) in [7, 11) is 0. The molecular weight excluding hydrogens is 430 g/mol. The normalized spacial score (nSPS) is 18.8. The summed E-state index contributed by atoms with van der Waals surface area (Å²) in [6.45, 7) is 8.67. The lowest BCUT2D eigenvalue weighted by atomic mass is 10.2. The molecule has 0 N–H and O–H groups in total. The fourth-order valence-corrected chi connectivity index (χ4v) is 4.21. The van der Waals surface area contributed by atoms with Crippen molar-refractivity contribution in [3.05, 3.63) is 58.7 Å². The van der Waals surface area contributed by atoms with E-state index in [-0.39, 0.29) is 5.91 Å². The molecule has 1 aromatic carbocycles. The van der Waals surface area contributed by atoms with Gasteiger partial charge in [0, 0.05) is 69.6 Å². The van der Waals surface area contributed by atoms with E-state index in [4.69, 9.17) is 0 Å². The molecule has 7 heteroatoms. The van der Waals surface area contributed by atoms with Gasteiger partial charge in [-0.3, -0.25) is 14.6 Å². The molecule has 2 aliphatic rings. The first kappa shape index (κ1) is 20.3. The monoisotopic (exact) mass is 457 g/mol. The molecule has 0 saturated carbocycles. The van der Waals surface area contributed by atoms with E-state index >= 15 is 0 Å². The number of hydrogen-bond acceptors (Lipinski definition) is 5. The Morgan fingerprint density at radius 2 is 1.55 bits per heavy atom. The van der Waals surface area contributed by atoms with Gasteiger partial charge in [-0.15, -0.1) is 0 Å². The third kappa shape index (κ3) is 5.56. The minimum Gasteiger partial charge on any atom is -0.354 e. The quantitative estimate of drug-likeness (QED) is 0.688. The van der Waals surface area contributed by atoms with Crippen molar-refractivity contribution in [1.82, 2.24) is 19.7 Å². The van der Waals surface area contributed by atoms with Gasteiger partial charge in [-0.1, -0.05) is 30.3 Å². The predicted molar refractivity (Wildman–Crippen MR) is 119 cm³/mol. The highest BCUT2D eigenvalue weighted by molar-refractivity contribution is 9.10. The van der Waals surface area contributed by atoms with Crippen LogP contribution in [0.5, 0.6) is 0 Å². The highest BCUT2D eigenvalue weighted by atomic mass is 79.9. The van der Waals surface area contributed by atoms with Crippen molar-refractivity contribution in [3.8, 4) is 0 Å². The van der Waals surface area contributed by atoms with Gasteiger partial charge in [0.1, 0.15) is 5.82 Å². The molecule has 0 spiro atoms. The summed E-state index contributed by atoms with van der Waals surface area (Å²) >= 11 is 3.43. The highest BCUT2D eigenvalue weighted by Gasteiger charge is 2.25. The van der Waals surface area contributed by atoms with Crippen LogP contribution in [0.25, 0.3) is 0 Å². The van der Waals surface area contributed by atoms with E-state index in [2.05, 4.69) is 65.9 Å². The molecule has 2 aliphatic heterocycles. The Hall–Kier alpha value is -1.96. The molecule has 1 aromatic heterocycles. The van der Waals surface area contributed by atoms with Crippen molar-refractivity contribution in [3.63, 3.8) is 0 Å². The van der Waals surface area contributed by atoms with Crippen LogP contribution >= 0.6 is 15.9 Å². The molecule has 0 radical (unpaired) electrons. The van der Waals surface area contributed by atoms with E-state index in [1.807, 2.05) is 23.2 Å². The van der Waals surface area contributed by atoms with E-state index in [0.717, 1.165) is 69.2 Å². The summed E-state index contributed by atoms with van der Waals surface area (Å²) in [5.41, 5.74) is 1.34. The molecule has 0 bridgehead atoms. The predicted octanol–water partition coefficient (Wildman–Crippen LogP) is 2.31. The van der Waals surface area contributed by atoms with E-state index < -0.39 is 0 Å². The number of nitrogens with zero attached hydrogens (tertiary/aromatic N) is 5. The number of amides is 1. The van der Waals surface area contributed by atoms with Crippen molar-refractivity contribution in [2.45, 2.75) is 6.54 Å². The number of piperazine rings is 2. The summed E-state index contributed by atoms with van der Waals surface area (Å²) in [5.74, 6) is 1.27. The van der Waals surface area contributed by atoms with Gasteiger partial charge >= 0.3 is 0 Å². The van der Waals surface area contributed by atoms with Crippen LogP contribution in [0.2, 0.25) is 0 Å². The van der Waals surface area contributed by atoms with Crippen molar-refractivity contribution < 1.29 is 4.79 Å². The summed E-state index contributed by atoms with van der Waals surface area (Å²) < 4.78 is 0.995. The molecule has 2 fully saturated rings. The fourth-order valence-electron chi connectivity index (χ4n) is 3.98. The number of hydrogen-bond donors (Lipinski definition) is 0. The lowest BCUT2D eigenvalue weighted by Crippen LogP contribution is -2.53. The zero-order valence-electron chi connectivity index (χ0n) is 16.7. The van der Waals surface area contributed by atoms with Gasteiger partial charge in [-0.25, -0.2) is 4.98 Å². The second-order valence-corrected chi connectivity index (χ2v) is 8.66. The Bertz CT molecular complexity index is 785. The molecule has 3 heterocycles. The van der Waals surface area contributed by atoms with Crippen LogP contribution in [0.4, 0.5) is 5.82 Å². The molecule has 2 saturated heterocycles. The van der Waals surface area contributed by atoms with Gasteiger partial charge in [0.05, 0.1) is 6.54 Å². The van der Waals surface area contributed by atoms with Crippen molar-refractivity contribution in [2.24, 2.45) is 0 Å². The third-order valence-corrected chi connectivity index (χ3v) is 6.21. The van der Waals surface area contributed by atoms with Crippen LogP contribution in [-0.4, -0.2) is 84.5 Å². The number of rotatable bonds is 5. The van der Waals surface area contributed by atoms with Crippen LogP contribution in [0.1, 0.15) is 5.56 Å². The standard InChI is InChI=1S/C22H28BrN5O/c23-20-6-7-21(24-16-20)27-12-8-26(9-13-27)18-22(29)28-14-10-25(11-15-28)17-19-4-2-1-3-5-19/h1-7,16H,8-15,17-18H2. The van der Waals surface area contributed by atoms with Gasteiger partial charge in [0.15, 0.2) is 0 Å². The topological polar surface area (TPSA) is 42.9 Å². The van der Waals surface area contributed by atoms with Crippen molar-refractivity contribution in [1.29, 1.82) is 0 Å². The average molecular weight is 458 g/mol. The Labute approximate surface area is 181 Å². The first-order valence-electron chi connectivity index (χ1n) is 10.3. The summed E-state index contributed by atoms with van der Waals surface area (Å²) in [6.07, 6.45) is 1.84. The molecule has 154 valence electrons. The van der Waals surface area contributed by atoms with Crippen LogP contribution in [0.15, 0.2) is 53.1 Å². The fraction of sp³-hybridized carbons (Fsp3) is 0.455. The largest absolute Gasteiger partial charge is 0.354 e. The first-order valence-corrected chi connectivity index (χ1v) is 11.1. The number of halogens is 1. The Balaban J connectivity index is 1.19. The molecule has 29 heavy (non-hydrogen) atoms. The molecule has 6 nitrogen and oxygen atoms in total. The summed E-state index contributed by atoms with van der Waals surface area (Å²) in [6, 6.07) is 14.6. The molecular formula is C22H28BrN5O. The van der Waals surface area contributed by atoms with Gasteiger partial charge < -0.3 is 9.80 Å². The zero-order chi connectivity index (χ0) is 20.1. The minimum absolute atomic E-state index is 0.263. The van der Waals surface area contributed by atoms with Gasteiger partial charge in [0.2, 0.25) is 5.91 Å². The summed E-state index contributed by atoms with van der Waals surface area (Å²) in [5, 5.41) is 0.